The molecule has 70 heavy (non-hydrogen) atoms. The van der Waals surface area contributed by atoms with Crippen LogP contribution in [0.5, 0.6) is 0 Å². The Morgan fingerprint density at radius 3 is 1.66 bits per heavy atom. The van der Waals surface area contributed by atoms with Gasteiger partial charge in [-0.2, -0.15) is 0 Å². The summed E-state index contributed by atoms with van der Waals surface area (Å²) in [6, 6.07) is 48.3. The molecule has 11 rings (SSSR count). The molecule has 11 aromatic rings. The van der Waals surface area contributed by atoms with Gasteiger partial charge in [0.25, 0.3) is 0 Å². The predicted octanol–water partition coefficient (Wildman–Crippen LogP) is 18.9. The molecule has 0 radical (unpaired) electrons. The van der Waals surface area contributed by atoms with Crippen molar-refractivity contribution in [2.24, 2.45) is 0 Å². The fraction of sp³-hybridized carbons (Fsp3) is 0.182. The predicted molar refractivity (Wildman–Crippen MR) is 304 cm³/mol. The summed E-state index contributed by atoms with van der Waals surface area (Å²) >= 11 is 0. The molecule has 0 aliphatic heterocycles. The second kappa shape index (κ2) is 16.7. The van der Waals surface area contributed by atoms with E-state index in [0.717, 1.165) is 39.5 Å². The van der Waals surface area contributed by atoms with Crippen molar-refractivity contribution in [3.05, 3.63) is 213 Å². The third-order valence-electron chi connectivity index (χ3n) is 16.1. The van der Waals surface area contributed by atoms with Crippen LogP contribution in [0.25, 0.3) is 71.0 Å². The molecule has 3 heterocycles. The van der Waals surface area contributed by atoms with E-state index in [2.05, 4.69) is 242 Å². The van der Waals surface area contributed by atoms with Gasteiger partial charge in [0, 0.05) is 66.7 Å². The van der Waals surface area contributed by atoms with Gasteiger partial charge < -0.3 is 19.2 Å². The molecule has 4 nitrogen and oxygen atoms in total. The van der Waals surface area contributed by atoms with Crippen LogP contribution >= 0.6 is 0 Å². The monoisotopic (exact) mass is 910 g/mol. The van der Waals surface area contributed by atoms with Crippen molar-refractivity contribution >= 4 is 88.3 Å². The smallest absolute Gasteiger partial charge is 0.0641 e. The van der Waals surface area contributed by atoms with Gasteiger partial charge in [-0.05, 0) is 222 Å². The maximum absolute atomic E-state index is 4.10. The van der Waals surface area contributed by atoms with Crippen molar-refractivity contribution in [3.63, 3.8) is 0 Å². The molecule has 346 valence electrons. The highest BCUT2D eigenvalue weighted by molar-refractivity contribution is 6.29. The zero-order valence-electron chi connectivity index (χ0n) is 42.8. The van der Waals surface area contributed by atoms with E-state index in [1.807, 2.05) is 6.08 Å². The lowest BCUT2D eigenvalue weighted by atomic mass is 9.96. The number of H-pyrrole nitrogens is 1. The van der Waals surface area contributed by atoms with Crippen molar-refractivity contribution in [2.75, 3.05) is 9.80 Å². The Bertz CT molecular complexity index is 3910. The minimum atomic E-state index is 1.12. The molecule has 4 heteroatoms. The first-order valence-corrected chi connectivity index (χ1v) is 24.7. The maximum atomic E-state index is 4.10. The Labute approximate surface area is 412 Å². The molecule has 0 aliphatic rings. The molecular weight excluding hydrogens is 849 g/mol. The summed E-state index contributed by atoms with van der Waals surface area (Å²) in [5.74, 6) is 0. The molecule has 0 saturated carbocycles. The van der Waals surface area contributed by atoms with E-state index in [1.165, 1.54) is 127 Å². The Hall–Kier alpha value is -7.82. The summed E-state index contributed by atoms with van der Waals surface area (Å²) in [6.45, 7) is 30.7. The molecule has 0 amide bonds. The number of aromatic amines is 1. The molecule has 3 aromatic heterocycles. The molecule has 0 bridgehead atoms. The quantitative estimate of drug-likeness (QED) is 0.146. The summed E-state index contributed by atoms with van der Waals surface area (Å²) in [6.07, 6.45) is 4.28. The van der Waals surface area contributed by atoms with Crippen LogP contribution in [-0.4, -0.2) is 9.38 Å². The lowest BCUT2D eigenvalue weighted by molar-refractivity contribution is 1.18. The van der Waals surface area contributed by atoms with Crippen LogP contribution < -0.4 is 9.80 Å². The molecule has 0 atom stereocenters. The SMILES string of the molecule is C=C/C(C)=C(C)\C(C)=C/N(c1cc(C)c(C)c(C)c1)c1ccc2c3cc4[nH]c5c(-c6ccccc6)c(N(c6cc(C)c(C)c(C)c6)c6cc(C)c(C)c(C)c6)ccc5c4cc3n3c4ccccc4c1c23. The number of nitrogens with zero attached hydrogens (tertiary/aromatic N) is 3. The largest absolute Gasteiger partial charge is 0.354 e. The van der Waals surface area contributed by atoms with E-state index < -0.39 is 0 Å². The first-order chi connectivity index (χ1) is 33.6. The van der Waals surface area contributed by atoms with Gasteiger partial charge in [-0.15, -0.1) is 0 Å². The molecule has 0 unspecified atom stereocenters. The number of hydrogen-bond acceptors (Lipinski definition) is 2. The summed E-state index contributed by atoms with van der Waals surface area (Å²) in [7, 11) is 0. The summed E-state index contributed by atoms with van der Waals surface area (Å²) in [4.78, 5) is 8.99. The van der Waals surface area contributed by atoms with Crippen LogP contribution in [0, 0.1) is 62.3 Å². The highest BCUT2D eigenvalue weighted by Crippen LogP contribution is 2.50. The Morgan fingerprint density at radius 1 is 0.514 bits per heavy atom. The van der Waals surface area contributed by atoms with Crippen molar-refractivity contribution in [1.29, 1.82) is 0 Å². The third kappa shape index (κ3) is 6.87. The van der Waals surface area contributed by atoms with E-state index in [0.29, 0.717) is 0 Å². The average Bonchev–Trinajstić information content (AvgIpc) is 4.01. The van der Waals surface area contributed by atoms with Crippen molar-refractivity contribution in [1.82, 2.24) is 9.38 Å². The molecule has 8 aromatic carbocycles. The summed E-state index contributed by atoms with van der Waals surface area (Å²) < 4.78 is 2.53. The van der Waals surface area contributed by atoms with Gasteiger partial charge in [-0.3, -0.25) is 0 Å². The number of hydrogen-bond donors (Lipinski definition) is 1. The molecule has 0 fully saturated rings. The molecule has 0 saturated heterocycles. The minimum Gasteiger partial charge on any atom is -0.354 e. The number of para-hydroxylation sites is 1. The standard InChI is InChI=1S/C66H62N4/c1-14-37(2)45(10)44(9)36-68(50-28-38(3)46(11)39(4)29-50)60-26-25-54-57-34-58-56(35-62(57)70-59-23-19-18-22-55(59)64(60)66(54)70)53-24-27-61(63(65(53)67-58)49-20-16-15-17-21-49)69(51-30-40(5)47(12)41(6)31-51)52-32-42(7)48(13)43(8)33-52/h14-36,67H,1H2,2-13H3/b44-36-,45-37-. The first-order valence-electron chi connectivity index (χ1n) is 24.7. The number of allylic oxidation sites excluding steroid dienone is 4. The van der Waals surface area contributed by atoms with Crippen molar-refractivity contribution in [3.8, 4) is 11.1 Å². The lowest BCUT2D eigenvalue weighted by Crippen LogP contribution is -2.13. The van der Waals surface area contributed by atoms with Gasteiger partial charge in [0.15, 0.2) is 0 Å². The van der Waals surface area contributed by atoms with Gasteiger partial charge >= 0.3 is 0 Å². The first kappa shape index (κ1) is 44.7. The van der Waals surface area contributed by atoms with Crippen molar-refractivity contribution in [2.45, 2.75) is 83.1 Å². The zero-order valence-corrected chi connectivity index (χ0v) is 42.8. The maximum Gasteiger partial charge on any atom is 0.0641 e. The minimum absolute atomic E-state index is 1.12. The highest BCUT2D eigenvalue weighted by atomic mass is 15.1. The zero-order chi connectivity index (χ0) is 49.0. The molecule has 0 spiro atoms. The number of benzene rings is 8. The van der Waals surface area contributed by atoms with Crippen LogP contribution in [0.15, 0.2) is 163 Å². The number of aromatic nitrogens is 2. The van der Waals surface area contributed by atoms with Gasteiger partial charge in [0.05, 0.1) is 33.4 Å². The van der Waals surface area contributed by atoms with E-state index in [1.54, 1.807) is 0 Å². The van der Waals surface area contributed by atoms with Gasteiger partial charge in [-0.25, -0.2) is 0 Å². The Kier molecular flexibility index (Phi) is 10.7. The summed E-state index contributed by atoms with van der Waals surface area (Å²) in [5.41, 5.74) is 29.3. The van der Waals surface area contributed by atoms with Gasteiger partial charge in [0.1, 0.15) is 0 Å². The van der Waals surface area contributed by atoms with Gasteiger partial charge in [-0.1, -0.05) is 73.3 Å². The molecular formula is C66H62N4. The van der Waals surface area contributed by atoms with Gasteiger partial charge in [0.2, 0.25) is 0 Å². The number of anilines is 5. The average molecular weight is 911 g/mol. The van der Waals surface area contributed by atoms with Crippen LogP contribution in [-0.2, 0) is 0 Å². The van der Waals surface area contributed by atoms with E-state index in [-0.39, 0.29) is 0 Å². The fourth-order valence-corrected chi connectivity index (χ4v) is 11.1. The molecule has 1 N–H and O–H groups in total. The highest BCUT2D eigenvalue weighted by Gasteiger charge is 2.27. The Morgan fingerprint density at radius 2 is 1.06 bits per heavy atom. The number of fused-ring (bicyclic) bond motifs is 9. The second-order valence-corrected chi connectivity index (χ2v) is 20.1. The summed E-state index contributed by atoms with van der Waals surface area (Å²) in [5, 5.41) is 7.37. The number of rotatable bonds is 9. The van der Waals surface area contributed by atoms with E-state index in [9.17, 15) is 0 Å². The van der Waals surface area contributed by atoms with Crippen LogP contribution in [0.2, 0.25) is 0 Å². The lowest BCUT2D eigenvalue weighted by Gasteiger charge is -2.30. The third-order valence-corrected chi connectivity index (χ3v) is 16.1. The van der Waals surface area contributed by atoms with E-state index >= 15 is 0 Å². The fourth-order valence-electron chi connectivity index (χ4n) is 11.1. The Balaban J connectivity index is 1.20. The van der Waals surface area contributed by atoms with E-state index in [4.69, 9.17) is 0 Å². The number of nitrogens with one attached hydrogen (secondary N) is 1. The normalized spacial score (nSPS) is 12.7. The number of aryl methyl sites for hydroxylation is 6. The van der Waals surface area contributed by atoms with Crippen LogP contribution in [0.1, 0.15) is 70.8 Å². The van der Waals surface area contributed by atoms with Crippen LogP contribution in [0.3, 0.4) is 0 Å². The second-order valence-electron chi connectivity index (χ2n) is 20.1. The molecule has 0 aliphatic carbocycles. The van der Waals surface area contributed by atoms with Crippen LogP contribution in [0.4, 0.5) is 28.4 Å². The topological polar surface area (TPSA) is 26.7 Å². The van der Waals surface area contributed by atoms with Crippen molar-refractivity contribution < 1.29 is 0 Å².